The molecule has 3 nitrogen and oxygen atoms in total. The van der Waals surface area contributed by atoms with Gasteiger partial charge >= 0.3 is 0 Å². The monoisotopic (exact) mass is 361 g/mol. The highest BCUT2D eigenvalue weighted by Gasteiger charge is 2.21. The molecule has 0 atom stereocenters. The molecule has 0 unspecified atom stereocenters. The Morgan fingerprint density at radius 1 is 0.778 bits per heavy atom. The maximum Gasteiger partial charge on any atom is 0.158 e. The Balaban J connectivity index is 2.37. The average molecular weight is 362 g/mol. The fourth-order valence-corrected chi connectivity index (χ4v) is 3.70. The number of hydrogen-bond donors (Lipinski definition) is 0. The normalized spacial score (nSPS) is 11.8. The van der Waals surface area contributed by atoms with E-state index in [2.05, 4.69) is 88.0 Å². The summed E-state index contributed by atoms with van der Waals surface area (Å²) in [5.41, 5.74) is 8.00. The van der Waals surface area contributed by atoms with Crippen molar-refractivity contribution in [1.29, 1.82) is 0 Å². The van der Waals surface area contributed by atoms with Crippen LogP contribution in [0.2, 0.25) is 0 Å². The topological polar surface area (TPSA) is 30.7 Å². The number of nitrogens with zero attached hydrogens (tertiary/aromatic N) is 3. The fraction of sp³-hybridized carbons (Fsp3) is 0.417. The largest absolute Gasteiger partial charge is 0.249 e. The zero-order chi connectivity index (χ0) is 19.7. The van der Waals surface area contributed by atoms with Crippen molar-refractivity contribution in [2.24, 2.45) is 7.05 Å². The standard InChI is InChI=1S/C24H31N3/c1-15(2)18-12-21(16(3)4)23(22(13-18)17(5)6)19-10-8-9-11-20(19)24-25-14-26-27(24)7/h8-17H,1-7H3. The minimum Gasteiger partial charge on any atom is -0.249 e. The summed E-state index contributed by atoms with van der Waals surface area (Å²) in [4.78, 5) is 4.52. The summed E-state index contributed by atoms with van der Waals surface area (Å²) >= 11 is 0. The van der Waals surface area contributed by atoms with Gasteiger partial charge in [0.25, 0.3) is 0 Å². The molecule has 0 radical (unpaired) electrons. The minimum atomic E-state index is 0.448. The van der Waals surface area contributed by atoms with E-state index >= 15 is 0 Å². The van der Waals surface area contributed by atoms with Crippen molar-refractivity contribution in [2.75, 3.05) is 0 Å². The van der Waals surface area contributed by atoms with Gasteiger partial charge in [-0.05, 0) is 45.6 Å². The van der Waals surface area contributed by atoms with Crippen LogP contribution in [0.4, 0.5) is 0 Å². The smallest absolute Gasteiger partial charge is 0.158 e. The molecule has 0 amide bonds. The molecule has 3 rings (SSSR count). The zero-order valence-electron chi connectivity index (χ0n) is 17.6. The van der Waals surface area contributed by atoms with Crippen molar-refractivity contribution < 1.29 is 0 Å². The fourth-order valence-electron chi connectivity index (χ4n) is 3.70. The molecule has 0 saturated carbocycles. The van der Waals surface area contributed by atoms with Gasteiger partial charge in [-0.15, -0.1) is 0 Å². The van der Waals surface area contributed by atoms with Crippen LogP contribution in [0.5, 0.6) is 0 Å². The molecule has 0 spiro atoms. The molecular weight excluding hydrogens is 330 g/mol. The molecule has 3 aromatic rings. The number of hydrogen-bond acceptors (Lipinski definition) is 2. The third kappa shape index (κ3) is 3.69. The van der Waals surface area contributed by atoms with E-state index in [0.29, 0.717) is 17.8 Å². The summed E-state index contributed by atoms with van der Waals surface area (Å²) in [5, 5.41) is 4.29. The summed E-state index contributed by atoms with van der Waals surface area (Å²) in [5.74, 6) is 2.32. The third-order valence-corrected chi connectivity index (χ3v) is 5.28. The lowest BCUT2D eigenvalue weighted by Crippen LogP contribution is -2.05. The SMILES string of the molecule is CC(C)c1cc(C(C)C)c(-c2ccccc2-c2ncnn2C)c(C(C)C)c1. The van der Waals surface area contributed by atoms with Crippen LogP contribution in [-0.4, -0.2) is 14.8 Å². The molecule has 0 aliphatic carbocycles. The molecule has 0 bridgehead atoms. The van der Waals surface area contributed by atoms with E-state index in [1.54, 1.807) is 6.33 Å². The first-order chi connectivity index (χ1) is 12.8. The molecule has 142 valence electrons. The highest BCUT2D eigenvalue weighted by atomic mass is 15.3. The number of aryl methyl sites for hydroxylation is 1. The summed E-state index contributed by atoms with van der Waals surface area (Å²) in [6, 6.07) is 13.4. The van der Waals surface area contributed by atoms with Gasteiger partial charge in [-0.25, -0.2) is 9.67 Å². The average Bonchev–Trinajstić information content (AvgIpc) is 3.06. The lowest BCUT2D eigenvalue weighted by molar-refractivity contribution is 0.774. The van der Waals surface area contributed by atoms with Crippen LogP contribution in [0.15, 0.2) is 42.7 Å². The first kappa shape index (κ1) is 19.3. The molecule has 27 heavy (non-hydrogen) atoms. The zero-order valence-corrected chi connectivity index (χ0v) is 17.6. The molecule has 3 heteroatoms. The van der Waals surface area contributed by atoms with Crippen molar-refractivity contribution in [3.05, 3.63) is 59.4 Å². The Morgan fingerprint density at radius 3 is 1.78 bits per heavy atom. The Labute approximate surface area is 163 Å². The highest BCUT2D eigenvalue weighted by Crippen LogP contribution is 2.42. The molecule has 1 heterocycles. The van der Waals surface area contributed by atoms with Gasteiger partial charge in [-0.1, -0.05) is 77.9 Å². The van der Waals surface area contributed by atoms with Crippen molar-refractivity contribution >= 4 is 0 Å². The number of aromatic nitrogens is 3. The Bertz CT molecular complexity index is 903. The molecule has 0 aliphatic rings. The molecular formula is C24H31N3. The lowest BCUT2D eigenvalue weighted by Gasteiger charge is -2.24. The molecule has 0 N–H and O–H groups in total. The van der Waals surface area contributed by atoms with E-state index < -0.39 is 0 Å². The second-order valence-electron chi connectivity index (χ2n) is 8.29. The third-order valence-electron chi connectivity index (χ3n) is 5.28. The van der Waals surface area contributed by atoms with Crippen LogP contribution >= 0.6 is 0 Å². The van der Waals surface area contributed by atoms with E-state index in [1.807, 2.05) is 11.7 Å². The van der Waals surface area contributed by atoms with E-state index in [-0.39, 0.29) is 0 Å². The van der Waals surface area contributed by atoms with Crippen molar-refractivity contribution in [3.8, 4) is 22.5 Å². The van der Waals surface area contributed by atoms with Gasteiger partial charge in [0.1, 0.15) is 6.33 Å². The summed E-state index contributed by atoms with van der Waals surface area (Å²) in [7, 11) is 1.95. The maximum atomic E-state index is 4.52. The Hall–Kier alpha value is -2.42. The van der Waals surface area contributed by atoms with Gasteiger partial charge < -0.3 is 0 Å². The second-order valence-corrected chi connectivity index (χ2v) is 8.29. The number of benzene rings is 2. The summed E-state index contributed by atoms with van der Waals surface area (Å²) in [6.07, 6.45) is 1.63. The lowest BCUT2D eigenvalue weighted by atomic mass is 9.80. The highest BCUT2D eigenvalue weighted by molar-refractivity contribution is 5.85. The van der Waals surface area contributed by atoms with E-state index in [1.165, 1.54) is 27.8 Å². The predicted octanol–water partition coefficient (Wildman–Crippen LogP) is 6.52. The van der Waals surface area contributed by atoms with Crippen molar-refractivity contribution in [1.82, 2.24) is 14.8 Å². The summed E-state index contributed by atoms with van der Waals surface area (Å²) < 4.78 is 1.85. The Kier molecular flexibility index (Phi) is 5.50. The maximum absolute atomic E-state index is 4.52. The van der Waals surface area contributed by atoms with Crippen molar-refractivity contribution in [2.45, 2.75) is 59.3 Å². The molecule has 0 saturated heterocycles. The summed E-state index contributed by atoms with van der Waals surface area (Å²) in [6.45, 7) is 13.7. The predicted molar refractivity (Wildman–Crippen MR) is 114 cm³/mol. The minimum absolute atomic E-state index is 0.448. The second kappa shape index (κ2) is 7.67. The van der Waals surface area contributed by atoms with Crippen molar-refractivity contribution in [3.63, 3.8) is 0 Å². The van der Waals surface area contributed by atoms with Crippen LogP contribution in [0.25, 0.3) is 22.5 Å². The van der Waals surface area contributed by atoms with Crippen LogP contribution in [0.3, 0.4) is 0 Å². The molecule has 0 aliphatic heterocycles. The van der Waals surface area contributed by atoms with E-state index in [0.717, 1.165) is 11.4 Å². The van der Waals surface area contributed by atoms with Crippen LogP contribution in [0, 0.1) is 0 Å². The first-order valence-electron chi connectivity index (χ1n) is 9.92. The van der Waals surface area contributed by atoms with E-state index in [4.69, 9.17) is 0 Å². The van der Waals surface area contributed by atoms with Crippen LogP contribution in [0.1, 0.15) is 76.0 Å². The van der Waals surface area contributed by atoms with Crippen LogP contribution < -0.4 is 0 Å². The van der Waals surface area contributed by atoms with Gasteiger partial charge in [-0.3, -0.25) is 0 Å². The number of rotatable bonds is 5. The molecule has 1 aromatic heterocycles. The molecule has 0 fully saturated rings. The molecule has 2 aromatic carbocycles. The van der Waals surface area contributed by atoms with Gasteiger partial charge in [-0.2, -0.15) is 5.10 Å². The van der Waals surface area contributed by atoms with Crippen LogP contribution in [-0.2, 0) is 7.05 Å². The first-order valence-corrected chi connectivity index (χ1v) is 9.92. The van der Waals surface area contributed by atoms with Gasteiger partial charge in [0.2, 0.25) is 0 Å². The quantitative estimate of drug-likeness (QED) is 0.518. The Morgan fingerprint density at radius 2 is 1.33 bits per heavy atom. The van der Waals surface area contributed by atoms with Gasteiger partial charge in [0.15, 0.2) is 5.82 Å². The van der Waals surface area contributed by atoms with Gasteiger partial charge in [0, 0.05) is 12.6 Å². The van der Waals surface area contributed by atoms with E-state index in [9.17, 15) is 0 Å². The van der Waals surface area contributed by atoms with Gasteiger partial charge in [0.05, 0.1) is 0 Å².